The van der Waals surface area contributed by atoms with Gasteiger partial charge in [-0.2, -0.15) is 0 Å². The number of carbonyl (C=O) groups is 4. The number of benzene rings is 2. The molecule has 150 valence electrons. The minimum Gasteiger partial charge on any atom is -0.463 e. The van der Waals surface area contributed by atoms with E-state index in [2.05, 4.69) is 0 Å². The van der Waals surface area contributed by atoms with Gasteiger partial charge in [0.05, 0.1) is 34.0 Å². The molecule has 1 aliphatic rings. The maximum Gasteiger partial charge on any atom is 0.344 e. The Labute approximate surface area is 172 Å². The number of fused-ring (bicyclic) bond motifs is 1. The third-order valence-electron chi connectivity index (χ3n) is 4.30. The van der Waals surface area contributed by atoms with Crippen molar-refractivity contribution in [3.63, 3.8) is 0 Å². The summed E-state index contributed by atoms with van der Waals surface area (Å²) in [4.78, 5) is 50.1. The average molecular weight is 416 g/mol. The third kappa shape index (κ3) is 4.30. The summed E-state index contributed by atoms with van der Waals surface area (Å²) in [5, 5.41) is 0.253. The Hall–Kier alpha value is -3.19. The molecule has 2 aromatic carbocycles. The second-order valence-corrected chi connectivity index (χ2v) is 6.71. The van der Waals surface area contributed by atoms with Crippen LogP contribution >= 0.6 is 11.6 Å². The number of nitrogens with zero attached hydrogens (tertiary/aromatic N) is 1. The van der Waals surface area contributed by atoms with Gasteiger partial charge in [-0.05, 0) is 36.8 Å². The monoisotopic (exact) mass is 415 g/mol. The van der Waals surface area contributed by atoms with Crippen LogP contribution in [0.25, 0.3) is 0 Å². The van der Waals surface area contributed by atoms with Crippen LogP contribution in [0, 0.1) is 0 Å². The van der Waals surface area contributed by atoms with Crippen molar-refractivity contribution in [1.82, 2.24) is 0 Å². The SMILES string of the molecule is CCCCOC(=O)COC(=O)c1ccc2c(c1)C(=O)N(c1ccccc1Cl)C2=O. The highest BCUT2D eigenvalue weighted by Crippen LogP contribution is 2.33. The smallest absolute Gasteiger partial charge is 0.344 e. The van der Waals surface area contributed by atoms with Crippen molar-refractivity contribution < 1.29 is 28.7 Å². The molecular formula is C21H18ClNO6. The van der Waals surface area contributed by atoms with Gasteiger partial charge in [0.25, 0.3) is 11.8 Å². The zero-order chi connectivity index (χ0) is 21.0. The van der Waals surface area contributed by atoms with Crippen molar-refractivity contribution in [2.75, 3.05) is 18.1 Å². The van der Waals surface area contributed by atoms with Gasteiger partial charge in [0.1, 0.15) is 0 Å². The standard InChI is InChI=1S/C21H18ClNO6/c1-2-3-10-28-18(24)12-29-21(27)13-8-9-14-15(11-13)20(26)23(19(14)25)17-7-5-4-6-16(17)22/h4-9,11H,2-3,10,12H2,1H3. The minimum absolute atomic E-state index is 0.0484. The number of unbranched alkanes of at least 4 members (excludes halogenated alkanes) is 1. The number of carbonyl (C=O) groups excluding carboxylic acids is 4. The molecule has 0 atom stereocenters. The van der Waals surface area contributed by atoms with E-state index in [1.807, 2.05) is 6.92 Å². The lowest BCUT2D eigenvalue weighted by Gasteiger charge is -2.15. The van der Waals surface area contributed by atoms with E-state index in [0.717, 1.165) is 17.7 Å². The van der Waals surface area contributed by atoms with E-state index in [9.17, 15) is 19.2 Å². The van der Waals surface area contributed by atoms with Crippen molar-refractivity contribution in [2.45, 2.75) is 19.8 Å². The molecule has 1 aliphatic heterocycles. The quantitative estimate of drug-likeness (QED) is 0.389. The molecule has 0 unspecified atom stereocenters. The number of esters is 2. The predicted octanol–water partition coefficient (Wildman–Crippen LogP) is 3.64. The van der Waals surface area contributed by atoms with Crippen molar-refractivity contribution in [3.8, 4) is 0 Å². The van der Waals surface area contributed by atoms with E-state index >= 15 is 0 Å². The molecule has 0 bridgehead atoms. The number of hydrogen-bond donors (Lipinski definition) is 0. The Kier molecular flexibility index (Phi) is 6.29. The number of halogens is 1. The van der Waals surface area contributed by atoms with Crippen LogP contribution in [0.15, 0.2) is 42.5 Å². The zero-order valence-electron chi connectivity index (χ0n) is 15.6. The highest BCUT2D eigenvalue weighted by Gasteiger charge is 2.38. The molecule has 3 rings (SSSR count). The predicted molar refractivity (Wildman–Crippen MR) is 105 cm³/mol. The van der Waals surface area contributed by atoms with Crippen LogP contribution in [0.1, 0.15) is 50.8 Å². The van der Waals surface area contributed by atoms with Gasteiger partial charge in [-0.25, -0.2) is 14.5 Å². The second kappa shape index (κ2) is 8.87. The number of para-hydroxylation sites is 1. The van der Waals surface area contributed by atoms with Crippen molar-refractivity contribution in [3.05, 3.63) is 64.2 Å². The van der Waals surface area contributed by atoms with Gasteiger partial charge < -0.3 is 9.47 Å². The maximum atomic E-state index is 12.8. The molecule has 0 fully saturated rings. The molecular weight excluding hydrogens is 398 g/mol. The van der Waals surface area contributed by atoms with Gasteiger partial charge in [0, 0.05) is 0 Å². The first-order valence-corrected chi connectivity index (χ1v) is 9.42. The normalized spacial score (nSPS) is 12.7. The topological polar surface area (TPSA) is 90.0 Å². The van der Waals surface area contributed by atoms with Gasteiger partial charge in [0.2, 0.25) is 0 Å². The lowest BCUT2D eigenvalue weighted by molar-refractivity contribution is -0.147. The molecule has 0 N–H and O–H groups in total. The van der Waals surface area contributed by atoms with E-state index in [4.69, 9.17) is 21.1 Å². The first-order valence-electron chi connectivity index (χ1n) is 9.04. The van der Waals surface area contributed by atoms with Crippen LogP contribution in [0.2, 0.25) is 5.02 Å². The number of amides is 2. The van der Waals surface area contributed by atoms with E-state index in [0.29, 0.717) is 0 Å². The summed E-state index contributed by atoms with van der Waals surface area (Å²) in [7, 11) is 0. The van der Waals surface area contributed by atoms with E-state index < -0.39 is 30.4 Å². The highest BCUT2D eigenvalue weighted by molar-refractivity contribution is 6.39. The average Bonchev–Trinajstić information content (AvgIpc) is 2.97. The highest BCUT2D eigenvalue weighted by atomic mass is 35.5. The summed E-state index contributed by atoms with van der Waals surface area (Å²) in [6.45, 7) is 1.69. The van der Waals surface area contributed by atoms with Gasteiger partial charge in [-0.15, -0.1) is 0 Å². The molecule has 8 heteroatoms. The Morgan fingerprint density at radius 3 is 2.45 bits per heavy atom. The van der Waals surface area contributed by atoms with E-state index in [1.54, 1.807) is 24.3 Å². The number of rotatable bonds is 7. The summed E-state index contributed by atoms with van der Waals surface area (Å²) >= 11 is 6.11. The molecule has 0 radical (unpaired) electrons. The summed E-state index contributed by atoms with van der Waals surface area (Å²) in [6.07, 6.45) is 1.60. The van der Waals surface area contributed by atoms with Crippen LogP contribution in [-0.4, -0.2) is 37.0 Å². The first-order chi connectivity index (χ1) is 13.9. The van der Waals surface area contributed by atoms with E-state index in [1.165, 1.54) is 18.2 Å². The zero-order valence-corrected chi connectivity index (χ0v) is 16.4. The molecule has 1 heterocycles. The first kappa shape index (κ1) is 20.5. The summed E-state index contributed by atoms with van der Waals surface area (Å²) in [5.74, 6) is -2.56. The van der Waals surface area contributed by atoms with Crippen molar-refractivity contribution >= 4 is 41.0 Å². The third-order valence-corrected chi connectivity index (χ3v) is 4.62. The minimum atomic E-state index is -0.795. The van der Waals surface area contributed by atoms with Crippen LogP contribution < -0.4 is 4.90 Å². The Balaban J connectivity index is 1.73. The number of imide groups is 1. The maximum absolute atomic E-state index is 12.8. The second-order valence-electron chi connectivity index (χ2n) is 6.31. The van der Waals surface area contributed by atoms with Crippen LogP contribution in [0.5, 0.6) is 0 Å². The van der Waals surface area contributed by atoms with Gasteiger partial charge in [-0.3, -0.25) is 9.59 Å². The molecule has 2 amide bonds. The lowest BCUT2D eigenvalue weighted by atomic mass is 10.1. The number of hydrogen-bond acceptors (Lipinski definition) is 6. The molecule has 0 spiro atoms. The molecule has 0 aromatic heterocycles. The number of anilines is 1. The molecule has 0 aliphatic carbocycles. The van der Waals surface area contributed by atoms with Crippen LogP contribution in [0.4, 0.5) is 5.69 Å². The molecule has 0 saturated carbocycles. The van der Waals surface area contributed by atoms with Gasteiger partial charge in [-0.1, -0.05) is 37.1 Å². The fourth-order valence-corrected chi connectivity index (χ4v) is 3.02. The Morgan fingerprint density at radius 1 is 1.00 bits per heavy atom. The summed E-state index contributed by atoms with van der Waals surface area (Å²) in [5.41, 5.74) is 0.534. The lowest BCUT2D eigenvalue weighted by Crippen LogP contribution is -2.29. The van der Waals surface area contributed by atoms with Gasteiger partial charge in [0.15, 0.2) is 6.61 Å². The van der Waals surface area contributed by atoms with Gasteiger partial charge >= 0.3 is 11.9 Å². The molecule has 29 heavy (non-hydrogen) atoms. The summed E-state index contributed by atoms with van der Waals surface area (Å²) < 4.78 is 9.84. The molecule has 7 nitrogen and oxygen atoms in total. The van der Waals surface area contributed by atoms with Crippen molar-refractivity contribution in [2.24, 2.45) is 0 Å². The Bertz CT molecular complexity index is 987. The fraction of sp³-hybridized carbons (Fsp3) is 0.238. The molecule has 0 saturated heterocycles. The molecule has 2 aromatic rings. The van der Waals surface area contributed by atoms with Crippen LogP contribution in [-0.2, 0) is 14.3 Å². The Morgan fingerprint density at radius 2 is 1.72 bits per heavy atom. The summed E-state index contributed by atoms with van der Waals surface area (Å²) in [6, 6.07) is 10.5. The fourth-order valence-electron chi connectivity index (χ4n) is 2.80. The van der Waals surface area contributed by atoms with Crippen molar-refractivity contribution in [1.29, 1.82) is 0 Å². The van der Waals surface area contributed by atoms with Crippen LogP contribution in [0.3, 0.4) is 0 Å². The largest absolute Gasteiger partial charge is 0.463 e. The number of ether oxygens (including phenoxy) is 2. The van der Waals surface area contributed by atoms with E-state index in [-0.39, 0.29) is 34.0 Å².